The zero-order valence-corrected chi connectivity index (χ0v) is 16.8. The number of hydrogen-bond donors (Lipinski definition) is 1. The van der Waals surface area contributed by atoms with Gasteiger partial charge in [-0.2, -0.15) is 0 Å². The van der Waals surface area contributed by atoms with Crippen LogP contribution in [-0.2, 0) is 14.3 Å². The molecule has 2 aliphatic heterocycles. The predicted octanol–water partition coefficient (Wildman–Crippen LogP) is 1.84. The van der Waals surface area contributed by atoms with Crippen molar-refractivity contribution in [1.82, 2.24) is 9.80 Å². The normalized spacial score (nSPS) is 28.3. The molecule has 1 aliphatic carbocycles. The lowest BCUT2D eigenvalue weighted by molar-refractivity contribution is -0.156. The van der Waals surface area contributed by atoms with Crippen LogP contribution in [0, 0.1) is 5.41 Å². The maximum Gasteiger partial charge on any atom is 0.231 e. The van der Waals surface area contributed by atoms with Gasteiger partial charge in [0.2, 0.25) is 5.91 Å². The Hall–Kier alpha value is -1.47. The monoisotopic (exact) mass is 388 g/mol. The second-order valence-corrected chi connectivity index (χ2v) is 8.51. The molecule has 1 amide bonds. The van der Waals surface area contributed by atoms with E-state index in [0.717, 1.165) is 50.9 Å². The Bertz CT molecular complexity index is 656. The molecule has 1 N–H and O–H groups in total. The van der Waals surface area contributed by atoms with E-state index >= 15 is 0 Å². The van der Waals surface area contributed by atoms with Gasteiger partial charge in [-0.15, -0.1) is 0 Å². The highest BCUT2D eigenvalue weighted by Crippen LogP contribution is 2.49. The van der Waals surface area contributed by atoms with E-state index in [0.29, 0.717) is 19.8 Å². The van der Waals surface area contributed by atoms with Crippen molar-refractivity contribution in [3.63, 3.8) is 0 Å². The Morgan fingerprint density at radius 3 is 2.57 bits per heavy atom. The molecule has 0 aromatic heterocycles. The maximum atomic E-state index is 13.5. The summed E-state index contributed by atoms with van der Waals surface area (Å²) in [5.41, 5.74) is 0.796. The number of ether oxygens (including phenoxy) is 2. The quantitative estimate of drug-likeness (QED) is 0.806. The molecule has 2 heterocycles. The van der Waals surface area contributed by atoms with Crippen LogP contribution in [0.3, 0.4) is 0 Å². The van der Waals surface area contributed by atoms with Crippen LogP contribution in [0.15, 0.2) is 30.3 Å². The fourth-order valence-corrected chi connectivity index (χ4v) is 4.67. The highest BCUT2D eigenvalue weighted by Gasteiger charge is 2.54. The molecule has 1 saturated carbocycles. The molecular weight excluding hydrogens is 356 g/mol. The lowest BCUT2D eigenvalue weighted by Crippen LogP contribution is -2.54. The summed E-state index contributed by atoms with van der Waals surface area (Å²) in [6, 6.07) is 10.2. The molecule has 6 heteroatoms. The number of carbonyl (C=O) groups excluding carboxylic acids is 1. The number of rotatable bonds is 6. The Morgan fingerprint density at radius 2 is 1.93 bits per heavy atom. The van der Waals surface area contributed by atoms with Gasteiger partial charge in [0.05, 0.1) is 36.9 Å². The van der Waals surface area contributed by atoms with Crippen LogP contribution >= 0.6 is 0 Å². The maximum absolute atomic E-state index is 13.5. The minimum Gasteiger partial charge on any atom is -0.393 e. The van der Waals surface area contributed by atoms with Crippen molar-refractivity contribution in [3.8, 4) is 0 Å². The Labute approximate surface area is 167 Å². The van der Waals surface area contributed by atoms with Crippen LogP contribution in [0.5, 0.6) is 0 Å². The van der Waals surface area contributed by atoms with E-state index in [9.17, 15) is 9.90 Å². The molecule has 1 aromatic carbocycles. The van der Waals surface area contributed by atoms with Crippen molar-refractivity contribution in [2.75, 3.05) is 46.5 Å². The molecule has 3 fully saturated rings. The molecule has 6 nitrogen and oxygen atoms in total. The first-order chi connectivity index (χ1) is 13.6. The molecule has 2 atom stereocenters. The first-order valence-corrected chi connectivity index (χ1v) is 10.5. The zero-order chi connectivity index (χ0) is 19.6. The topological polar surface area (TPSA) is 62.2 Å². The number of hydrogen-bond acceptors (Lipinski definition) is 5. The summed E-state index contributed by atoms with van der Waals surface area (Å²) >= 11 is 0. The van der Waals surface area contributed by atoms with Crippen LogP contribution in [-0.4, -0.2) is 79.5 Å². The van der Waals surface area contributed by atoms with Gasteiger partial charge in [0.25, 0.3) is 0 Å². The van der Waals surface area contributed by atoms with Crippen molar-refractivity contribution in [2.24, 2.45) is 5.41 Å². The third-order valence-corrected chi connectivity index (χ3v) is 6.48. The first-order valence-electron chi connectivity index (χ1n) is 10.5. The van der Waals surface area contributed by atoms with E-state index < -0.39 is 0 Å². The minimum absolute atomic E-state index is 0.0614. The molecular formula is C22H32N2O4. The van der Waals surface area contributed by atoms with Crippen LogP contribution in [0.2, 0.25) is 0 Å². The number of piperidine rings is 1. The van der Waals surface area contributed by atoms with Gasteiger partial charge in [-0.3, -0.25) is 4.79 Å². The van der Waals surface area contributed by atoms with E-state index in [1.165, 1.54) is 0 Å². The van der Waals surface area contributed by atoms with Gasteiger partial charge in [0.15, 0.2) is 0 Å². The summed E-state index contributed by atoms with van der Waals surface area (Å²) < 4.78 is 11.6. The second-order valence-electron chi connectivity index (χ2n) is 8.51. The Morgan fingerprint density at radius 1 is 1.21 bits per heavy atom. The number of likely N-dealkylation sites (tertiary alicyclic amines) is 1. The highest BCUT2D eigenvalue weighted by atomic mass is 16.5. The molecule has 28 heavy (non-hydrogen) atoms. The third kappa shape index (κ3) is 4.10. The van der Waals surface area contributed by atoms with Gasteiger partial charge in [-0.25, -0.2) is 0 Å². The molecule has 154 valence electrons. The molecule has 0 radical (unpaired) electrons. The van der Waals surface area contributed by atoms with Gasteiger partial charge in [-0.1, -0.05) is 30.3 Å². The largest absolute Gasteiger partial charge is 0.393 e. The van der Waals surface area contributed by atoms with Crippen molar-refractivity contribution in [3.05, 3.63) is 35.9 Å². The van der Waals surface area contributed by atoms with Gasteiger partial charge < -0.3 is 24.4 Å². The number of nitrogens with zero attached hydrogens (tertiary/aromatic N) is 2. The average Bonchev–Trinajstić information content (AvgIpc) is 3.51. The minimum atomic E-state index is -0.334. The summed E-state index contributed by atoms with van der Waals surface area (Å²) in [4.78, 5) is 17.9. The van der Waals surface area contributed by atoms with E-state index in [1.807, 2.05) is 23.1 Å². The van der Waals surface area contributed by atoms with Crippen molar-refractivity contribution >= 4 is 5.91 Å². The van der Waals surface area contributed by atoms with E-state index in [-0.39, 0.29) is 29.6 Å². The van der Waals surface area contributed by atoms with E-state index in [1.54, 1.807) is 7.11 Å². The third-order valence-electron chi connectivity index (χ3n) is 6.48. The molecule has 4 rings (SSSR count). The summed E-state index contributed by atoms with van der Waals surface area (Å²) in [5, 5.41) is 9.80. The van der Waals surface area contributed by atoms with Gasteiger partial charge >= 0.3 is 0 Å². The van der Waals surface area contributed by atoms with Crippen molar-refractivity contribution < 1.29 is 19.4 Å². The second kappa shape index (κ2) is 8.49. The molecule has 0 unspecified atom stereocenters. The highest BCUT2D eigenvalue weighted by molar-refractivity contribution is 5.86. The van der Waals surface area contributed by atoms with Gasteiger partial charge in [0.1, 0.15) is 0 Å². The molecule has 2 saturated heterocycles. The smallest absolute Gasteiger partial charge is 0.231 e. The van der Waals surface area contributed by atoms with E-state index in [4.69, 9.17) is 9.47 Å². The summed E-state index contributed by atoms with van der Waals surface area (Å²) in [7, 11) is 1.68. The lowest BCUT2D eigenvalue weighted by atomic mass is 9.94. The lowest BCUT2D eigenvalue weighted by Gasteiger charge is -2.45. The number of aliphatic hydroxyl groups excluding tert-OH is 1. The SMILES string of the molecule is COCC1(C(=O)N2CCO[C@@H](CN3CCC(O)CC3)[C@@H]2c2ccccc2)CC1. The van der Waals surface area contributed by atoms with Crippen LogP contribution in [0.1, 0.15) is 37.3 Å². The number of aliphatic hydroxyl groups is 1. The van der Waals surface area contributed by atoms with Crippen molar-refractivity contribution in [2.45, 2.75) is 43.9 Å². The summed E-state index contributed by atoms with van der Waals surface area (Å²) in [5.74, 6) is 0.213. The summed E-state index contributed by atoms with van der Waals surface area (Å²) in [6.07, 6.45) is 3.19. The number of amides is 1. The van der Waals surface area contributed by atoms with Crippen molar-refractivity contribution in [1.29, 1.82) is 0 Å². The number of carbonyl (C=O) groups is 1. The molecule has 0 bridgehead atoms. The predicted molar refractivity (Wildman–Crippen MR) is 106 cm³/mol. The molecule has 0 spiro atoms. The molecule has 1 aromatic rings. The van der Waals surface area contributed by atoms with Gasteiger partial charge in [-0.05, 0) is 31.2 Å². The van der Waals surface area contributed by atoms with Crippen LogP contribution in [0.25, 0.3) is 0 Å². The standard InChI is InChI=1S/C22H32N2O4/c1-27-16-22(9-10-22)21(26)24-13-14-28-19(15-23-11-7-18(25)8-12-23)20(24)17-5-3-2-4-6-17/h2-6,18-20,25H,7-16H2,1H3/t19-,20-/m0/s1. The summed E-state index contributed by atoms with van der Waals surface area (Å²) in [6.45, 7) is 4.24. The van der Waals surface area contributed by atoms with E-state index in [2.05, 4.69) is 17.0 Å². The fraction of sp³-hybridized carbons (Fsp3) is 0.682. The number of methoxy groups -OCH3 is 1. The van der Waals surface area contributed by atoms with Gasteiger partial charge in [0, 0.05) is 33.3 Å². The number of benzene rings is 1. The molecule has 3 aliphatic rings. The Balaban J connectivity index is 1.56. The van der Waals surface area contributed by atoms with Crippen LogP contribution in [0.4, 0.5) is 0 Å². The Kier molecular flexibility index (Phi) is 6.01. The zero-order valence-electron chi connectivity index (χ0n) is 16.8. The van der Waals surface area contributed by atoms with Crippen LogP contribution < -0.4 is 0 Å². The fourth-order valence-electron chi connectivity index (χ4n) is 4.67. The average molecular weight is 389 g/mol. The number of morpholine rings is 1. The first kappa shape index (κ1) is 19.8.